The number of benzene rings is 2. The average molecular weight is 485 g/mol. The van der Waals surface area contributed by atoms with Crippen LogP contribution in [0.1, 0.15) is 76.3 Å². The van der Waals surface area contributed by atoms with Crippen LogP contribution in [0.5, 0.6) is 5.75 Å². The second-order valence-electron chi connectivity index (χ2n) is 9.43. The summed E-state index contributed by atoms with van der Waals surface area (Å²) >= 11 is 6.04. The Morgan fingerprint density at radius 3 is 2.26 bits per heavy atom. The monoisotopic (exact) mass is 484 g/mol. The lowest BCUT2D eigenvalue weighted by Crippen LogP contribution is -2.52. The molecule has 1 atom stereocenters. The third-order valence-electron chi connectivity index (χ3n) is 6.51. The number of nitrogens with zero attached hydrogens (tertiary/aromatic N) is 1. The first-order valence-electron chi connectivity index (χ1n) is 12.4. The Balaban J connectivity index is 1.73. The molecule has 0 aromatic heterocycles. The lowest BCUT2D eigenvalue weighted by molar-refractivity contribution is -0.143. The summed E-state index contributed by atoms with van der Waals surface area (Å²) in [5.74, 6) is 0.772. The summed E-state index contributed by atoms with van der Waals surface area (Å²) in [4.78, 5) is 28.2. The number of rotatable bonds is 10. The molecule has 1 aliphatic rings. The lowest BCUT2D eigenvalue weighted by atomic mass is 9.95. The molecule has 3 rings (SSSR count). The normalized spacial score (nSPS) is 15.1. The maximum absolute atomic E-state index is 13.4. The van der Waals surface area contributed by atoms with Gasteiger partial charge < -0.3 is 15.0 Å². The molecule has 5 nitrogen and oxygen atoms in total. The molecule has 0 radical (unpaired) electrons. The van der Waals surface area contributed by atoms with E-state index in [1.54, 1.807) is 17.0 Å². The van der Waals surface area contributed by atoms with Gasteiger partial charge in [-0.05, 0) is 60.6 Å². The van der Waals surface area contributed by atoms with E-state index >= 15 is 0 Å². The summed E-state index contributed by atoms with van der Waals surface area (Å²) in [5.41, 5.74) is 2.14. The van der Waals surface area contributed by atoms with Crippen LogP contribution in [0, 0.1) is 0 Å². The Labute approximate surface area is 208 Å². The molecule has 0 saturated heterocycles. The van der Waals surface area contributed by atoms with Crippen molar-refractivity contribution < 1.29 is 14.3 Å². The van der Waals surface area contributed by atoms with Crippen molar-refractivity contribution in [2.24, 2.45) is 0 Å². The van der Waals surface area contributed by atoms with E-state index < -0.39 is 6.04 Å². The second-order valence-corrected chi connectivity index (χ2v) is 9.86. The summed E-state index contributed by atoms with van der Waals surface area (Å²) < 4.78 is 5.82. The zero-order chi connectivity index (χ0) is 24.5. The lowest BCUT2D eigenvalue weighted by Gasteiger charge is -2.32. The third-order valence-corrected chi connectivity index (χ3v) is 6.76. The molecule has 0 spiro atoms. The van der Waals surface area contributed by atoms with Crippen LogP contribution >= 0.6 is 11.6 Å². The minimum atomic E-state index is -0.558. The van der Waals surface area contributed by atoms with Crippen LogP contribution in [-0.4, -0.2) is 35.4 Å². The molecular formula is C28H37ClN2O3. The highest BCUT2D eigenvalue weighted by molar-refractivity contribution is 6.30. The summed E-state index contributed by atoms with van der Waals surface area (Å²) in [6, 6.07) is 14.8. The fourth-order valence-electron chi connectivity index (χ4n) is 4.43. The van der Waals surface area contributed by atoms with Gasteiger partial charge in [-0.3, -0.25) is 9.59 Å². The molecular weight excluding hydrogens is 448 g/mol. The van der Waals surface area contributed by atoms with Crippen LogP contribution < -0.4 is 10.1 Å². The zero-order valence-electron chi connectivity index (χ0n) is 20.6. The maximum atomic E-state index is 13.4. The van der Waals surface area contributed by atoms with Gasteiger partial charge >= 0.3 is 0 Å². The fraction of sp³-hybridized carbons (Fsp3) is 0.500. The van der Waals surface area contributed by atoms with E-state index in [4.69, 9.17) is 16.3 Å². The molecule has 6 heteroatoms. The maximum Gasteiger partial charge on any atom is 0.261 e. The number of amides is 2. The highest BCUT2D eigenvalue weighted by Crippen LogP contribution is 2.21. The summed E-state index contributed by atoms with van der Waals surface area (Å²) in [7, 11) is 0. The molecule has 184 valence electrons. The second kappa shape index (κ2) is 12.8. The van der Waals surface area contributed by atoms with Gasteiger partial charge in [0.25, 0.3) is 5.91 Å². The molecule has 1 N–H and O–H groups in total. The van der Waals surface area contributed by atoms with Crippen molar-refractivity contribution in [3.05, 3.63) is 64.7 Å². The van der Waals surface area contributed by atoms with Gasteiger partial charge in [0.2, 0.25) is 5.91 Å². The van der Waals surface area contributed by atoms with Gasteiger partial charge in [-0.2, -0.15) is 0 Å². The van der Waals surface area contributed by atoms with Crippen molar-refractivity contribution in [2.75, 3.05) is 6.61 Å². The summed E-state index contributed by atoms with van der Waals surface area (Å²) in [5, 5.41) is 3.83. The van der Waals surface area contributed by atoms with Crippen molar-refractivity contribution in [1.29, 1.82) is 0 Å². The van der Waals surface area contributed by atoms with Gasteiger partial charge in [-0.25, -0.2) is 0 Å². The highest BCUT2D eigenvalue weighted by atomic mass is 35.5. The summed E-state index contributed by atoms with van der Waals surface area (Å²) in [6.45, 7) is 6.41. The van der Waals surface area contributed by atoms with Gasteiger partial charge in [-0.15, -0.1) is 0 Å². The fourth-order valence-corrected chi connectivity index (χ4v) is 4.55. The van der Waals surface area contributed by atoms with E-state index in [0.717, 1.165) is 31.2 Å². The average Bonchev–Trinajstić information content (AvgIpc) is 2.84. The van der Waals surface area contributed by atoms with E-state index in [2.05, 4.69) is 19.2 Å². The van der Waals surface area contributed by atoms with Gasteiger partial charge in [0, 0.05) is 17.6 Å². The number of hydrogen-bond donors (Lipinski definition) is 1. The number of nitrogens with one attached hydrogen (secondary N) is 1. The predicted octanol–water partition coefficient (Wildman–Crippen LogP) is 6.10. The highest BCUT2D eigenvalue weighted by Gasteiger charge is 2.30. The molecule has 34 heavy (non-hydrogen) atoms. The van der Waals surface area contributed by atoms with Crippen molar-refractivity contribution in [1.82, 2.24) is 10.2 Å². The molecule has 1 saturated carbocycles. The van der Waals surface area contributed by atoms with Crippen molar-refractivity contribution in [3.8, 4) is 5.75 Å². The molecule has 0 unspecified atom stereocenters. The molecule has 2 aromatic carbocycles. The Morgan fingerprint density at radius 2 is 1.68 bits per heavy atom. The van der Waals surface area contributed by atoms with Gasteiger partial charge in [0.05, 0.1) is 0 Å². The van der Waals surface area contributed by atoms with E-state index in [-0.39, 0.29) is 24.5 Å². The molecule has 0 bridgehead atoms. The van der Waals surface area contributed by atoms with Crippen LogP contribution in [0.4, 0.5) is 0 Å². The SMILES string of the molecule is CC[C@H](C(=O)NC1CCCCC1)N(Cc1ccc(Cl)cc1)C(=O)COc1ccc(C(C)C)cc1. The zero-order valence-corrected chi connectivity index (χ0v) is 21.3. The number of carbonyl (C=O) groups is 2. The molecule has 0 aliphatic heterocycles. The Hall–Kier alpha value is -2.53. The van der Waals surface area contributed by atoms with Crippen molar-refractivity contribution in [2.45, 2.75) is 83.8 Å². The first-order chi connectivity index (χ1) is 16.4. The smallest absolute Gasteiger partial charge is 0.261 e. The molecule has 1 aliphatic carbocycles. The largest absolute Gasteiger partial charge is 0.484 e. The van der Waals surface area contributed by atoms with Crippen molar-refractivity contribution in [3.63, 3.8) is 0 Å². The quantitative estimate of drug-likeness (QED) is 0.443. The van der Waals surface area contributed by atoms with Crippen molar-refractivity contribution >= 4 is 23.4 Å². The number of halogens is 1. The first-order valence-corrected chi connectivity index (χ1v) is 12.8. The Kier molecular flexibility index (Phi) is 9.82. The first kappa shape index (κ1) is 26.1. The van der Waals surface area contributed by atoms with E-state index in [1.807, 2.05) is 43.3 Å². The minimum absolute atomic E-state index is 0.0852. The van der Waals surface area contributed by atoms with E-state index in [9.17, 15) is 9.59 Å². The topological polar surface area (TPSA) is 58.6 Å². The van der Waals surface area contributed by atoms with Gasteiger partial charge in [0.15, 0.2) is 6.61 Å². The Morgan fingerprint density at radius 1 is 1.03 bits per heavy atom. The van der Waals surface area contributed by atoms with Crippen LogP contribution in [0.15, 0.2) is 48.5 Å². The van der Waals surface area contributed by atoms with Crippen LogP contribution in [0.25, 0.3) is 0 Å². The Bertz CT molecular complexity index is 922. The van der Waals surface area contributed by atoms with E-state index in [1.165, 1.54) is 12.0 Å². The van der Waals surface area contributed by atoms with Crippen LogP contribution in [0.2, 0.25) is 5.02 Å². The number of hydrogen-bond acceptors (Lipinski definition) is 3. The molecule has 0 heterocycles. The molecule has 1 fully saturated rings. The molecule has 2 amide bonds. The molecule has 2 aromatic rings. The van der Waals surface area contributed by atoms with Crippen LogP contribution in [0.3, 0.4) is 0 Å². The predicted molar refractivity (Wildman–Crippen MR) is 137 cm³/mol. The third kappa shape index (κ3) is 7.49. The minimum Gasteiger partial charge on any atom is -0.484 e. The van der Waals surface area contributed by atoms with Gasteiger partial charge in [0.1, 0.15) is 11.8 Å². The van der Waals surface area contributed by atoms with Crippen LogP contribution in [-0.2, 0) is 16.1 Å². The number of ether oxygens (including phenoxy) is 1. The number of carbonyl (C=O) groups excluding carboxylic acids is 2. The van der Waals surface area contributed by atoms with E-state index in [0.29, 0.717) is 29.7 Å². The van der Waals surface area contributed by atoms with Gasteiger partial charge in [-0.1, -0.05) is 75.9 Å². The standard InChI is InChI=1S/C28H37ClN2O3/c1-4-26(28(33)30-24-8-6-5-7-9-24)31(18-21-10-14-23(29)15-11-21)27(32)19-34-25-16-12-22(13-17-25)20(2)3/h10-17,20,24,26H,4-9,18-19H2,1-3H3,(H,30,33)/t26-/m1/s1. The summed E-state index contributed by atoms with van der Waals surface area (Å²) in [6.07, 6.45) is 6.03.